The van der Waals surface area contributed by atoms with E-state index < -0.39 is 0 Å². The van der Waals surface area contributed by atoms with E-state index in [1.165, 1.54) is 64.2 Å². The van der Waals surface area contributed by atoms with E-state index in [1.54, 1.807) is 0 Å². The molecular weight excluding hydrogens is 878 g/mol. The Hall–Kier alpha value is -0.0251. The molecule has 0 amide bonds. The van der Waals surface area contributed by atoms with Crippen molar-refractivity contribution < 1.29 is 66.4 Å². The third kappa shape index (κ3) is 7.94. The van der Waals surface area contributed by atoms with Crippen molar-refractivity contribution in [1.29, 1.82) is 0 Å². The molecule has 10 fully saturated rings. The minimum absolute atomic E-state index is 0. The molecule has 0 aromatic rings. The fourth-order valence-corrected chi connectivity index (χ4v) is 23.0. The molecule has 70 heavy (non-hydrogen) atoms. The largest absolute Gasteiger partial charge is 1.00 e. The van der Waals surface area contributed by atoms with Crippen molar-refractivity contribution in [1.82, 2.24) is 0 Å². The second-order valence-electron chi connectivity index (χ2n) is 28.9. The fraction of sp³-hybridized carbons (Fsp3) is 0.918. The average molecular weight is 982 g/mol. The first kappa shape index (κ1) is 59.2. The zero-order valence-electron chi connectivity index (χ0n) is 47.9. The minimum Gasteiger partial charge on any atom is -1.00 e. The van der Waals surface area contributed by atoms with Gasteiger partial charge in [0.1, 0.15) is 5.78 Å². The Morgan fingerprint density at radius 2 is 0.929 bits per heavy atom. The van der Waals surface area contributed by atoms with Gasteiger partial charge in [-0.3, -0.25) is 4.79 Å². The Labute approximate surface area is 452 Å². The summed E-state index contributed by atoms with van der Waals surface area (Å²) in [5, 5.41) is 59.2. The molecule has 0 aromatic carbocycles. The Bertz CT molecular complexity index is 1950. The normalized spacial score (nSPS) is 51.0. The Morgan fingerprint density at radius 1 is 0.514 bits per heavy atom. The van der Waals surface area contributed by atoms with Crippen LogP contribution in [0.3, 0.4) is 0 Å². The third-order valence-corrected chi connectivity index (χ3v) is 27.0. The summed E-state index contributed by atoms with van der Waals surface area (Å²) in [6.45, 7) is 34.1. The molecule has 19 atom stereocenters. The van der Waals surface area contributed by atoms with Gasteiger partial charge in [-0.15, -0.1) is 0 Å². The van der Waals surface area contributed by atoms with Crippen LogP contribution >= 0.6 is 0 Å². The number of fused-ring (bicyclic) bond motifs is 14. The Kier molecular flexibility index (Phi) is 17.0. The van der Waals surface area contributed by atoms with E-state index >= 15 is 0 Å². The summed E-state index contributed by atoms with van der Waals surface area (Å²) in [5.74, 6) is 5.79. The number of carbonyl (C=O) groups excluding carboxylic acids is 1. The van der Waals surface area contributed by atoms with Crippen molar-refractivity contribution in [3.63, 3.8) is 0 Å². The maximum Gasteiger partial charge on any atom is 1.00 e. The van der Waals surface area contributed by atoms with Crippen LogP contribution in [0.4, 0.5) is 0 Å². The van der Waals surface area contributed by atoms with E-state index in [2.05, 4.69) is 82.4 Å². The van der Waals surface area contributed by atoms with Crippen LogP contribution < -0.4 is 29.6 Å². The van der Waals surface area contributed by atoms with Gasteiger partial charge in [0, 0.05) is 40.6 Å². The van der Waals surface area contributed by atoms with E-state index in [4.69, 9.17) is 5.11 Å². The number of Topliss-reactive ketones (excluding diaryl/α,β-unsaturated/α-hetero) is 1. The van der Waals surface area contributed by atoms with Crippen LogP contribution in [0, 0.1) is 113 Å². The maximum atomic E-state index is 12.9. The predicted molar refractivity (Wildman–Crippen MR) is 281 cm³/mol. The molecule has 10 saturated carbocycles. The molecule has 10 aliphatic rings. The summed E-state index contributed by atoms with van der Waals surface area (Å²) in [6.07, 6.45) is 22.7. The van der Waals surface area contributed by atoms with Crippen LogP contribution in [-0.4, -0.2) is 84.5 Å². The number of hydrogen-bond donors (Lipinski definition) is 6. The quantitative estimate of drug-likeness (QED) is 0.116. The molecule has 0 bridgehead atoms. The van der Waals surface area contributed by atoms with Gasteiger partial charge in [0.2, 0.25) is 0 Å². The van der Waals surface area contributed by atoms with Gasteiger partial charge in [-0.25, -0.2) is 0 Å². The molecule has 10 aliphatic carbocycles. The standard InChI is InChI=1S/C30H50O3.C30H48O3.CH4O.B.Na.H/c2*1-19(17-31)20-9-14-30(18-32)16-15-28(5)21(25(20)30)7-8-23-27(4)12-11-24(33)26(2,3)22(27)10-13-29(23,28)6;1-2;;;/h20-25,31-33H,1,7-18H2,2-6H3;20-23,25,31-32H,1,7-18H2,2-6H3;2H,1H3;;;/q;;;;+1;-1/t20-,21+,22-,23+,24-,25+,27-,28+,29+,30+;20-,21+,22-,23+,25+,27-,28+,29+,30+;;;;/m00..../s1. The number of rotatable bonds is 6. The molecule has 3 radical (unpaired) electrons. The smallest absolute Gasteiger partial charge is 1.00 e. The van der Waals surface area contributed by atoms with Gasteiger partial charge in [0.05, 0.1) is 19.3 Å². The topological polar surface area (TPSA) is 138 Å². The molecule has 6 N–H and O–H groups in total. The van der Waals surface area contributed by atoms with Crippen molar-refractivity contribution >= 4 is 14.2 Å². The first-order chi connectivity index (χ1) is 31.8. The number of ketones is 1. The van der Waals surface area contributed by atoms with Crippen LogP contribution in [0.5, 0.6) is 0 Å². The van der Waals surface area contributed by atoms with Gasteiger partial charge in [-0.1, -0.05) is 82.4 Å². The van der Waals surface area contributed by atoms with Gasteiger partial charge in [-0.05, 0) is 241 Å². The predicted octanol–water partition coefficient (Wildman–Crippen LogP) is 8.49. The number of aliphatic hydroxyl groups excluding tert-OH is 6. The van der Waals surface area contributed by atoms with Crippen LogP contribution in [0.15, 0.2) is 24.3 Å². The van der Waals surface area contributed by atoms with E-state index in [1.807, 2.05) is 0 Å². The summed E-state index contributed by atoms with van der Waals surface area (Å²) in [6, 6.07) is 0. The number of carbonyl (C=O) groups is 1. The molecule has 9 heteroatoms. The Balaban J connectivity index is 0.000000245. The molecule has 0 aliphatic heterocycles. The summed E-state index contributed by atoms with van der Waals surface area (Å²) in [5.41, 5.74) is 3.50. The molecular formula is C61H103BNaO7. The molecule has 393 valence electrons. The zero-order valence-corrected chi connectivity index (χ0v) is 48.9. The molecule has 7 nitrogen and oxygen atoms in total. The SMILES string of the molecule is C=C(CO)[C@@H]1CC[C@]2(CO)CC[C@]3(C)[C@H](CC[C@@H]4[C@@]5(C)CCC(=O)C(C)(C)[C@@H]5CC[C@]43C)[C@@H]12.C=C(CO)[C@@H]1CC[C@]2(CO)CC[C@]3(C)[C@H](CC[C@@H]4[C@@]5(C)CC[C@H](O)C(C)(C)[C@@H]5CC[C@]43C)[C@@H]12.CO.[B].[H-].[Na+]. The molecule has 0 spiro atoms. The fourth-order valence-electron chi connectivity index (χ4n) is 23.0. The van der Waals surface area contributed by atoms with Gasteiger partial charge < -0.3 is 32.1 Å². The summed E-state index contributed by atoms with van der Waals surface area (Å²) < 4.78 is 0. The van der Waals surface area contributed by atoms with E-state index in [0.717, 1.165) is 82.5 Å². The van der Waals surface area contributed by atoms with Crippen LogP contribution in [0.2, 0.25) is 0 Å². The van der Waals surface area contributed by atoms with Crippen molar-refractivity contribution in [3.05, 3.63) is 24.3 Å². The summed E-state index contributed by atoms with van der Waals surface area (Å²) >= 11 is 0. The van der Waals surface area contributed by atoms with Gasteiger partial charge in [-0.2, -0.15) is 0 Å². The number of hydrogen-bond acceptors (Lipinski definition) is 7. The maximum absolute atomic E-state index is 12.9. The monoisotopic (exact) mass is 982 g/mol. The molecule has 0 aromatic heterocycles. The third-order valence-electron chi connectivity index (χ3n) is 27.0. The number of aliphatic hydroxyl groups is 6. The van der Waals surface area contributed by atoms with Gasteiger partial charge in [0.15, 0.2) is 0 Å². The zero-order chi connectivity index (χ0) is 50.1. The first-order valence-electron chi connectivity index (χ1n) is 28.3. The summed E-state index contributed by atoms with van der Waals surface area (Å²) in [7, 11) is 1.00. The van der Waals surface area contributed by atoms with Crippen LogP contribution in [-0.2, 0) is 4.79 Å². The first-order valence-corrected chi connectivity index (χ1v) is 28.3. The van der Waals surface area contributed by atoms with Gasteiger partial charge in [0.25, 0.3) is 0 Å². The van der Waals surface area contributed by atoms with Gasteiger partial charge >= 0.3 is 29.6 Å². The molecule has 0 heterocycles. The van der Waals surface area contributed by atoms with E-state index in [-0.39, 0.29) is 109 Å². The van der Waals surface area contributed by atoms with Crippen molar-refractivity contribution in [2.75, 3.05) is 33.5 Å². The molecule has 0 saturated heterocycles. The molecule has 10 rings (SSSR count). The van der Waals surface area contributed by atoms with Crippen LogP contribution in [0.1, 0.15) is 199 Å². The van der Waals surface area contributed by atoms with E-state index in [0.29, 0.717) is 82.4 Å². The second-order valence-corrected chi connectivity index (χ2v) is 28.9. The second kappa shape index (κ2) is 20.1. The van der Waals surface area contributed by atoms with Crippen molar-refractivity contribution in [3.8, 4) is 0 Å². The van der Waals surface area contributed by atoms with E-state index in [9.17, 15) is 30.3 Å². The minimum atomic E-state index is -0.194. The molecule has 0 unspecified atom stereocenters. The van der Waals surface area contributed by atoms with Crippen molar-refractivity contribution in [2.45, 2.75) is 204 Å². The van der Waals surface area contributed by atoms with Crippen LogP contribution in [0.25, 0.3) is 0 Å². The Morgan fingerprint density at radius 3 is 1.34 bits per heavy atom. The average Bonchev–Trinajstić information content (AvgIpc) is 3.90. The summed E-state index contributed by atoms with van der Waals surface area (Å²) in [4.78, 5) is 12.9. The van der Waals surface area contributed by atoms with Crippen molar-refractivity contribution in [2.24, 2.45) is 113 Å².